The molecule has 1 aliphatic rings. The van der Waals surface area contributed by atoms with Gasteiger partial charge < -0.3 is 11.1 Å². The van der Waals surface area contributed by atoms with Gasteiger partial charge >= 0.3 is 0 Å². The Balaban J connectivity index is 1.28. The lowest BCUT2D eigenvalue weighted by molar-refractivity contribution is 0.102. The molecular weight excluding hydrogens is 444 g/mol. The van der Waals surface area contributed by atoms with Crippen LogP contribution in [0.3, 0.4) is 0 Å². The molecule has 2 heterocycles. The quantitative estimate of drug-likeness (QED) is 0.349. The smallest absolute Gasteiger partial charge is 0.255 e. The molecule has 5 rings (SSSR count). The van der Waals surface area contributed by atoms with Crippen LogP contribution >= 0.6 is 0 Å². The summed E-state index contributed by atoms with van der Waals surface area (Å²) in [6.07, 6.45) is 2.28. The monoisotopic (exact) mass is 478 g/mol. The molecule has 3 aromatic carbocycles. The Bertz CT molecular complexity index is 1400. The van der Waals surface area contributed by atoms with Crippen molar-refractivity contribution in [2.45, 2.75) is 46.1 Å². The van der Waals surface area contributed by atoms with E-state index in [-0.39, 0.29) is 5.91 Å². The third-order valence-corrected chi connectivity index (χ3v) is 7.57. The molecule has 0 atom stereocenters. The molecule has 4 aromatic rings. The average Bonchev–Trinajstić information content (AvgIpc) is 2.89. The lowest BCUT2D eigenvalue weighted by Gasteiger charge is -2.32. The van der Waals surface area contributed by atoms with E-state index in [1.165, 1.54) is 11.1 Å². The maximum atomic E-state index is 13.3. The number of benzene rings is 3. The number of hydrogen-bond donors (Lipinski definition) is 2. The molecule has 1 fully saturated rings. The zero-order valence-electron chi connectivity index (χ0n) is 21.3. The fraction of sp³-hybridized carbons (Fsp3) is 0.290. The van der Waals surface area contributed by atoms with E-state index in [0.717, 1.165) is 65.9 Å². The molecule has 184 valence electrons. The van der Waals surface area contributed by atoms with Crippen molar-refractivity contribution >= 4 is 28.2 Å². The summed E-state index contributed by atoms with van der Waals surface area (Å²) >= 11 is 0. The summed E-state index contributed by atoms with van der Waals surface area (Å²) in [6.45, 7) is 8.91. The summed E-state index contributed by atoms with van der Waals surface area (Å²) in [5.41, 5.74) is 15.0. The summed E-state index contributed by atoms with van der Waals surface area (Å²) in [6, 6.07) is 22.6. The van der Waals surface area contributed by atoms with Crippen molar-refractivity contribution in [2.24, 2.45) is 0 Å². The minimum Gasteiger partial charge on any atom is -0.398 e. The lowest BCUT2D eigenvalue weighted by Crippen LogP contribution is -2.33. The third-order valence-electron chi connectivity index (χ3n) is 7.57. The Hall–Kier alpha value is -3.70. The molecule has 3 N–H and O–H groups in total. The topological polar surface area (TPSA) is 71.2 Å². The van der Waals surface area contributed by atoms with Crippen LogP contribution in [0.2, 0.25) is 0 Å². The standard InChI is InChI=1S/C31H34N4O/c1-20-8-10-23(11-9-20)24-14-16-35(17-15-24)19-25-6-4-5-7-27(25)31(36)34-26-12-13-29-28(18-26)30(32)21(2)22(3)33-29/h4-13,18,24H,14-17,19H2,1-3H3,(H2,32,33)(H,34,36). The minimum atomic E-state index is -0.102. The van der Waals surface area contributed by atoms with E-state index in [1.54, 1.807) is 0 Å². The number of pyridine rings is 1. The summed E-state index contributed by atoms with van der Waals surface area (Å²) in [7, 11) is 0. The number of carbonyl (C=O) groups excluding carboxylic acids is 1. The molecule has 0 unspecified atom stereocenters. The van der Waals surface area contributed by atoms with Crippen LogP contribution in [-0.4, -0.2) is 28.9 Å². The number of likely N-dealkylation sites (tertiary alicyclic amines) is 1. The predicted octanol–water partition coefficient (Wildman–Crippen LogP) is 6.37. The van der Waals surface area contributed by atoms with Crippen molar-refractivity contribution in [3.8, 4) is 0 Å². The Morgan fingerprint density at radius 3 is 2.47 bits per heavy atom. The van der Waals surface area contributed by atoms with Crippen LogP contribution in [0.4, 0.5) is 11.4 Å². The fourth-order valence-corrected chi connectivity index (χ4v) is 5.17. The first-order chi connectivity index (χ1) is 17.4. The number of anilines is 2. The van der Waals surface area contributed by atoms with E-state index in [0.29, 0.717) is 17.2 Å². The van der Waals surface area contributed by atoms with Crippen molar-refractivity contribution in [2.75, 3.05) is 24.1 Å². The van der Waals surface area contributed by atoms with E-state index in [9.17, 15) is 4.79 Å². The molecule has 0 spiro atoms. The van der Waals surface area contributed by atoms with Crippen LogP contribution in [0.15, 0.2) is 66.7 Å². The summed E-state index contributed by atoms with van der Waals surface area (Å²) in [5, 5.41) is 3.94. The number of aromatic nitrogens is 1. The number of nitrogens with two attached hydrogens (primary N) is 1. The SMILES string of the molecule is Cc1ccc(C2CCN(Cc3ccccc3C(=O)Nc3ccc4nc(C)c(C)c(N)c4c3)CC2)cc1. The second kappa shape index (κ2) is 10.1. The highest BCUT2D eigenvalue weighted by molar-refractivity contribution is 6.06. The van der Waals surface area contributed by atoms with E-state index >= 15 is 0 Å². The number of nitrogens with one attached hydrogen (secondary N) is 1. The second-order valence-electron chi connectivity index (χ2n) is 10.0. The van der Waals surface area contributed by atoms with Crippen molar-refractivity contribution in [1.29, 1.82) is 0 Å². The minimum absolute atomic E-state index is 0.102. The van der Waals surface area contributed by atoms with Gasteiger partial charge in [0.05, 0.1) is 5.52 Å². The van der Waals surface area contributed by atoms with Crippen molar-refractivity contribution in [3.05, 3.63) is 100 Å². The van der Waals surface area contributed by atoms with Crippen LogP contribution in [0.1, 0.15) is 57.1 Å². The number of amides is 1. The van der Waals surface area contributed by atoms with Gasteiger partial charge in [0, 0.05) is 34.6 Å². The second-order valence-corrected chi connectivity index (χ2v) is 10.0. The van der Waals surface area contributed by atoms with Gasteiger partial charge in [-0.25, -0.2) is 0 Å². The number of piperidine rings is 1. The average molecular weight is 479 g/mol. The molecule has 1 saturated heterocycles. The van der Waals surface area contributed by atoms with Crippen LogP contribution in [0, 0.1) is 20.8 Å². The van der Waals surface area contributed by atoms with Crippen LogP contribution in [-0.2, 0) is 6.54 Å². The number of hydrogen-bond acceptors (Lipinski definition) is 4. The van der Waals surface area contributed by atoms with E-state index < -0.39 is 0 Å². The number of carbonyl (C=O) groups is 1. The van der Waals surface area contributed by atoms with Gasteiger partial charge in [-0.1, -0.05) is 48.0 Å². The molecule has 0 aliphatic carbocycles. The van der Waals surface area contributed by atoms with Gasteiger partial charge in [0.1, 0.15) is 0 Å². The molecule has 0 saturated carbocycles. The van der Waals surface area contributed by atoms with Crippen molar-refractivity contribution in [3.63, 3.8) is 0 Å². The van der Waals surface area contributed by atoms with Crippen molar-refractivity contribution < 1.29 is 4.79 Å². The van der Waals surface area contributed by atoms with E-state index in [4.69, 9.17) is 5.73 Å². The lowest BCUT2D eigenvalue weighted by atomic mass is 9.89. The Labute approximate surface area is 213 Å². The van der Waals surface area contributed by atoms with Gasteiger partial charge in [-0.05, 0) is 93.6 Å². The number of aryl methyl sites for hydroxylation is 2. The Morgan fingerprint density at radius 2 is 1.72 bits per heavy atom. The number of fused-ring (bicyclic) bond motifs is 1. The Morgan fingerprint density at radius 1 is 1.00 bits per heavy atom. The van der Waals surface area contributed by atoms with Crippen LogP contribution < -0.4 is 11.1 Å². The van der Waals surface area contributed by atoms with Crippen LogP contribution in [0.5, 0.6) is 0 Å². The largest absolute Gasteiger partial charge is 0.398 e. The molecule has 0 radical (unpaired) electrons. The first kappa shape index (κ1) is 24.0. The molecule has 0 bridgehead atoms. The van der Waals surface area contributed by atoms with Gasteiger partial charge in [0.25, 0.3) is 5.91 Å². The number of rotatable bonds is 5. The maximum absolute atomic E-state index is 13.3. The predicted molar refractivity (Wildman–Crippen MR) is 148 cm³/mol. The van der Waals surface area contributed by atoms with Gasteiger partial charge in [-0.15, -0.1) is 0 Å². The molecule has 5 heteroatoms. The fourth-order valence-electron chi connectivity index (χ4n) is 5.17. The number of nitrogens with zero attached hydrogens (tertiary/aromatic N) is 2. The molecule has 1 aromatic heterocycles. The Kier molecular flexibility index (Phi) is 6.75. The first-order valence-electron chi connectivity index (χ1n) is 12.7. The van der Waals surface area contributed by atoms with E-state index in [1.807, 2.05) is 50.2 Å². The molecule has 36 heavy (non-hydrogen) atoms. The molecule has 1 amide bonds. The summed E-state index contributed by atoms with van der Waals surface area (Å²) < 4.78 is 0. The summed E-state index contributed by atoms with van der Waals surface area (Å²) in [5.74, 6) is 0.512. The maximum Gasteiger partial charge on any atom is 0.255 e. The highest BCUT2D eigenvalue weighted by Gasteiger charge is 2.22. The van der Waals surface area contributed by atoms with Gasteiger partial charge in [0.2, 0.25) is 0 Å². The molecular formula is C31H34N4O. The van der Waals surface area contributed by atoms with Gasteiger partial charge in [0.15, 0.2) is 0 Å². The van der Waals surface area contributed by atoms with E-state index in [2.05, 4.69) is 52.5 Å². The van der Waals surface area contributed by atoms with Crippen LogP contribution in [0.25, 0.3) is 10.9 Å². The van der Waals surface area contributed by atoms with Gasteiger partial charge in [-0.2, -0.15) is 0 Å². The third kappa shape index (κ3) is 4.98. The zero-order chi connectivity index (χ0) is 25.2. The molecule has 1 aliphatic heterocycles. The van der Waals surface area contributed by atoms with Gasteiger partial charge in [-0.3, -0.25) is 14.7 Å². The highest BCUT2D eigenvalue weighted by atomic mass is 16.1. The normalized spacial score (nSPS) is 14.8. The summed E-state index contributed by atoms with van der Waals surface area (Å²) in [4.78, 5) is 20.4. The molecule has 5 nitrogen and oxygen atoms in total. The zero-order valence-corrected chi connectivity index (χ0v) is 21.3. The number of nitrogen functional groups attached to an aromatic ring is 1. The highest BCUT2D eigenvalue weighted by Crippen LogP contribution is 2.30. The first-order valence-corrected chi connectivity index (χ1v) is 12.7. The van der Waals surface area contributed by atoms with Crippen molar-refractivity contribution in [1.82, 2.24) is 9.88 Å².